The maximum Gasteiger partial charge on any atom is 0.416 e. The monoisotopic (exact) mass is 529 g/mol. The van der Waals surface area contributed by atoms with Crippen LogP contribution in [0.4, 0.5) is 31.5 Å². The lowest BCUT2D eigenvalue weighted by atomic mass is 9.91. The van der Waals surface area contributed by atoms with Gasteiger partial charge in [0, 0.05) is 32.5 Å². The Morgan fingerprint density at radius 3 is 2.51 bits per heavy atom. The van der Waals surface area contributed by atoms with Crippen molar-refractivity contribution in [3.8, 4) is 0 Å². The molecule has 1 saturated heterocycles. The van der Waals surface area contributed by atoms with Crippen LogP contribution in [0.15, 0.2) is 36.4 Å². The summed E-state index contributed by atoms with van der Waals surface area (Å²) in [5, 5.41) is 13.9. The standard InChI is InChI=1S/C25H28F5N3O4/c1-15-10-18(26)2-3-21(15)22-14-20(37-24(36)32-7-9-34)5-8-33(22)23(35)31-6-4-16-11-17(25(28,29)30)13-19(27)12-16/h2-3,10-13,20,22,34H,4-9,14H2,1H3,(H,31,35)(H,32,36)/t20-,22+/m0/s1. The van der Waals surface area contributed by atoms with Crippen LogP contribution in [0.25, 0.3) is 0 Å². The summed E-state index contributed by atoms with van der Waals surface area (Å²) in [4.78, 5) is 26.5. The maximum atomic E-state index is 13.7. The highest BCUT2D eigenvalue weighted by molar-refractivity contribution is 5.75. The molecule has 12 heteroatoms. The van der Waals surface area contributed by atoms with Gasteiger partial charge in [0.15, 0.2) is 0 Å². The average Bonchev–Trinajstić information content (AvgIpc) is 2.82. The highest BCUT2D eigenvalue weighted by Crippen LogP contribution is 2.35. The number of aliphatic hydroxyl groups is 1. The van der Waals surface area contributed by atoms with E-state index in [1.165, 1.54) is 17.0 Å². The summed E-state index contributed by atoms with van der Waals surface area (Å²) in [6.45, 7) is 1.60. The Labute approximate surface area is 210 Å². The second-order valence-corrected chi connectivity index (χ2v) is 8.74. The van der Waals surface area contributed by atoms with Crippen molar-refractivity contribution in [1.82, 2.24) is 15.5 Å². The second kappa shape index (κ2) is 12.2. The van der Waals surface area contributed by atoms with Crippen LogP contribution < -0.4 is 10.6 Å². The van der Waals surface area contributed by atoms with Crippen LogP contribution in [0.3, 0.4) is 0 Å². The van der Waals surface area contributed by atoms with Gasteiger partial charge < -0.3 is 25.4 Å². The number of ether oxygens (including phenoxy) is 1. The lowest BCUT2D eigenvalue weighted by Gasteiger charge is -2.40. The molecule has 2 aromatic carbocycles. The molecule has 0 radical (unpaired) electrons. The van der Waals surface area contributed by atoms with Crippen LogP contribution in [-0.4, -0.2) is 54.5 Å². The zero-order chi connectivity index (χ0) is 27.2. The summed E-state index contributed by atoms with van der Waals surface area (Å²) in [5.74, 6) is -1.47. The predicted molar refractivity (Wildman–Crippen MR) is 124 cm³/mol. The number of urea groups is 1. The number of amides is 3. The number of aryl methyl sites for hydroxylation is 1. The Morgan fingerprint density at radius 1 is 1.08 bits per heavy atom. The summed E-state index contributed by atoms with van der Waals surface area (Å²) in [6.07, 6.45) is -5.44. The first-order valence-corrected chi connectivity index (χ1v) is 11.7. The normalized spacial score (nSPS) is 17.9. The van der Waals surface area contributed by atoms with Gasteiger partial charge in [0.25, 0.3) is 0 Å². The number of halogens is 5. The number of benzene rings is 2. The van der Waals surface area contributed by atoms with Crippen molar-refractivity contribution in [2.45, 2.75) is 44.5 Å². The molecule has 1 fully saturated rings. The van der Waals surface area contributed by atoms with Gasteiger partial charge in [0.2, 0.25) is 0 Å². The molecule has 0 spiro atoms. The molecule has 0 aromatic heterocycles. The van der Waals surface area contributed by atoms with Gasteiger partial charge in [-0.2, -0.15) is 13.2 Å². The van der Waals surface area contributed by atoms with E-state index in [0.717, 1.165) is 12.1 Å². The molecule has 2 atom stereocenters. The number of aliphatic hydroxyl groups excluding tert-OH is 1. The molecule has 1 aliphatic heterocycles. The van der Waals surface area contributed by atoms with E-state index >= 15 is 0 Å². The Hall–Kier alpha value is -3.41. The summed E-state index contributed by atoms with van der Waals surface area (Å²) < 4.78 is 71.7. The van der Waals surface area contributed by atoms with Gasteiger partial charge in [-0.15, -0.1) is 0 Å². The van der Waals surface area contributed by atoms with Crippen molar-refractivity contribution < 1.29 is 41.4 Å². The van der Waals surface area contributed by atoms with Gasteiger partial charge in [-0.05, 0) is 60.4 Å². The number of likely N-dealkylation sites (tertiary alicyclic amines) is 1. The maximum absolute atomic E-state index is 13.7. The van der Waals surface area contributed by atoms with E-state index < -0.39 is 47.6 Å². The van der Waals surface area contributed by atoms with E-state index in [4.69, 9.17) is 9.84 Å². The van der Waals surface area contributed by atoms with Gasteiger partial charge in [0.05, 0.1) is 18.2 Å². The SMILES string of the molecule is Cc1cc(F)ccc1[C@H]1C[C@@H](OC(=O)NCCO)CCN1C(=O)NCCc1cc(F)cc(C(F)(F)F)c1. The van der Waals surface area contributed by atoms with E-state index in [0.29, 0.717) is 23.6 Å². The Balaban J connectivity index is 1.70. The number of nitrogens with zero attached hydrogens (tertiary/aromatic N) is 1. The van der Waals surface area contributed by atoms with E-state index in [2.05, 4.69) is 10.6 Å². The van der Waals surface area contributed by atoms with Crippen molar-refractivity contribution in [3.05, 3.63) is 70.3 Å². The first-order chi connectivity index (χ1) is 17.5. The fourth-order valence-corrected chi connectivity index (χ4v) is 4.32. The molecule has 0 unspecified atom stereocenters. The largest absolute Gasteiger partial charge is 0.446 e. The van der Waals surface area contributed by atoms with Crippen molar-refractivity contribution in [3.63, 3.8) is 0 Å². The molecule has 3 rings (SSSR count). The number of alkyl halides is 3. The predicted octanol–water partition coefficient (Wildman–Crippen LogP) is 4.47. The molecular weight excluding hydrogens is 501 g/mol. The van der Waals surface area contributed by atoms with Crippen molar-refractivity contribution >= 4 is 12.1 Å². The Kier molecular flexibility index (Phi) is 9.30. The third kappa shape index (κ3) is 7.78. The van der Waals surface area contributed by atoms with Crippen LogP contribution in [-0.2, 0) is 17.3 Å². The van der Waals surface area contributed by atoms with Gasteiger partial charge in [0.1, 0.15) is 17.7 Å². The molecule has 0 saturated carbocycles. The topological polar surface area (TPSA) is 90.9 Å². The van der Waals surface area contributed by atoms with Gasteiger partial charge in [-0.1, -0.05) is 6.07 Å². The van der Waals surface area contributed by atoms with Crippen LogP contribution >= 0.6 is 0 Å². The van der Waals surface area contributed by atoms with Crippen molar-refractivity contribution in [2.75, 3.05) is 26.2 Å². The highest BCUT2D eigenvalue weighted by atomic mass is 19.4. The molecular formula is C25H28F5N3O4. The summed E-state index contributed by atoms with van der Waals surface area (Å²) >= 11 is 0. The average molecular weight is 530 g/mol. The van der Waals surface area contributed by atoms with Crippen molar-refractivity contribution in [2.24, 2.45) is 0 Å². The lowest BCUT2D eigenvalue weighted by Crippen LogP contribution is -2.49. The molecule has 2 aromatic rings. The van der Waals surface area contributed by atoms with Gasteiger partial charge in [-0.3, -0.25) is 0 Å². The number of hydrogen-bond donors (Lipinski definition) is 3. The summed E-state index contributed by atoms with van der Waals surface area (Å²) in [5.41, 5.74) is 0.221. The fraction of sp³-hybridized carbons (Fsp3) is 0.440. The first kappa shape index (κ1) is 28.2. The minimum absolute atomic E-state index is 0.0242. The lowest BCUT2D eigenvalue weighted by molar-refractivity contribution is -0.137. The smallest absolute Gasteiger partial charge is 0.416 e. The quantitative estimate of drug-likeness (QED) is 0.462. The van der Waals surface area contributed by atoms with Crippen LogP contribution in [0, 0.1) is 18.6 Å². The molecule has 0 aliphatic carbocycles. The van der Waals surface area contributed by atoms with Crippen LogP contribution in [0.2, 0.25) is 0 Å². The van der Waals surface area contributed by atoms with E-state index in [9.17, 15) is 31.5 Å². The van der Waals surface area contributed by atoms with E-state index in [1.807, 2.05) is 0 Å². The number of carbonyl (C=O) groups excluding carboxylic acids is 2. The molecule has 37 heavy (non-hydrogen) atoms. The van der Waals surface area contributed by atoms with Gasteiger partial charge in [-0.25, -0.2) is 18.4 Å². The number of hydrogen-bond acceptors (Lipinski definition) is 4. The molecule has 0 bridgehead atoms. The zero-order valence-electron chi connectivity index (χ0n) is 20.1. The number of nitrogens with one attached hydrogen (secondary N) is 2. The minimum atomic E-state index is -4.69. The molecule has 3 amide bonds. The minimum Gasteiger partial charge on any atom is -0.446 e. The molecule has 3 N–H and O–H groups in total. The first-order valence-electron chi connectivity index (χ1n) is 11.7. The van der Waals surface area contributed by atoms with Gasteiger partial charge >= 0.3 is 18.3 Å². The molecule has 202 valence electrons. The Morgan fingerprint density at radius 2 is 1.84 bits per heavy atom. The van der Waals surface area contributed by atoms with Crippen molar-refractivity contribution in [1.29, 1.82) is 0 Å². The van der Waals surface area contributed by atoms with Crippen LogP contribution in [0.1, 0.15) is 41.1 Å². The zero-order valence-corrected chi connectivity index (χ0v) is 20.1. The fourth-order valence-electron chi connectivity index (χ4n) is 4.32. The molecule has 1 aliphatic rings. The van der Waals surface area contributed by atoms with E-state index in [1.54, 1.807) is 13.0 Å². The number of carbonyl (C=O) groups is 2. The summed E-state index contributed by atoms with van der Waals surface area (Å²) in [6, 6.07) is 5.29. The molecule has 7 nitrogen and oxygen atoms in total. The number of piperidine rings is 1. The third-order valence-electron chi connectivity index (χ3n) is 6.04. The highest BCUT2D eigenvalue weighted by Gasteiger charge is 2.35. The third-order valence-corrected chi connectivity index (χ3v) is 6.04. The van der Waals surface area contributed by atoms with Crippen LogP contribution in [0.5, 0.6) is 0 Å². The van der Waals surface area contributed by atoms with E-state index in [-0.39, 0.29) is 44.6 Å². The second-order valence-electron chi connectivity index (χ2n) is 8.74. The Bertz CT molecular complexity index is 1110. The number of rotatable bonds is 7. The number of alkyl carbamates (subject to hydrolysis) is 1. The molecule has 1 heterocycles. The summed E-state index contributed by atoms with van der Waals surface area (Å²) in [7, 11) is 0.